The van der Waals surface area contributed by atoms with Crippen molar-refractivity contribution in [2.45, 2.75) is 25.3 Å². The van der Waals surface area contributed by atoms with Gasteiger partial charge >= 0.3 is 5.69 Å². The van der Waals surface area contributed by atoms with Crippen molar-refractivity contribution in [2.24, 2.45) is 5.92 Å². The lowest BCUT2D eigenvalue weighted by atomic mass is 10.2. The van der Waals surface area contributed by atoms with Crippen LogP contribution in [-0.2, 0) is 0 Å². The maximum Gasteiger partial charge on any atom is 0.301 e. The van der Waals surface area contributed by atoms with E-state index in [1.54, 1.807) is 0 Å². The number of nitrogens with zero attached hydrogens (tertiary/aromatic N) is 2. The summed E-state index contributed by atoms with van der Waals surface area (Å²) in [5, 5.41) is 11.4. The summed E-state index contributed by atoms with van der Waals surface area (Å²) < 4.78 is 0. The minimum Gasteiger partial charge on any atom is -0.258 e. The van der Waals surface area contributed by atoms with E-state index < -0.39 is 4.92 Å². The highest BCUT2D eigenvalue weighted by Gasteiger charge is 2.16. The smallest absolute Gasteiger partial charge is 0.258 e. The number of halogens is 1. The molecule has 0 N–H and O–H groups in total. The summed E-state index contributed by atoms with van der Waals surface area (Å²) in [5.74, 6) is 1.32. The van der Waals surface area contributed by atoms with Crippen molar-refractivity contribution in [3.8, 4) is 0 Å². The number of nitro groups is 1. The maximum atomic E-state index is 10.8. The van der Waals surface area contributed by atoms with Gasteiger partial charge in [0.15, 0.2) is 5.03 Å². The molecule has 6 heteroatoms. The molecule has 0 aliphatic carbocycles. The lowest BCUT2D eigenvalue weighted by molar-refractivity contribution is -0.388. The van der Waals surface area contributed by atoms with Crippen LogP contribution in [0.1, 0.15) is 20.3 Å². The minimum absolute atomic E-state index is 0.0257. The van der Waals surface area contributed by atoms with Crippen molar-refractivity contribution >= 4 is 29.1 Å². The predicted octanol–water partition coefficient (Wildman–Crippen LogP) is 3.78. The standard InChI is InChI=1S/C10H13ClN2O2S/c1-3-7(2)6-16-10-8(13(14)15)4-5-9(11)12-10/h4-5,7H,3,6H2,1-2H3. The number of rotatable bonds is 5. The largest absolute Gasteiger partial charge is 0.301 e. The Balaban J connectivity index is 2.84. The van der Waals surface area contributed by atoms with Gasteiger partial charge in [0.1, 0.15) is 5.15 Å². The quantitative estimate of drug-likeness (QED) is 0.350. The van der Waals surface area contributed by atoms with Crippen LogP contribution >= 0.6 is 23.4 Å². The van der Waals surface area contributed by atoms with Crippen molar-refractivity contribution in [1.82, 2.24) is 4.98 Å². The molecule has 1 atom stereocenters. The number of hydrogen-bond donors (Lipinski definition) is 0. The molecule has 0 saturated heterocycles. The van der Waals surface area contributed by atoms with Gasteiger partial charge in [-0.2, -0.15) is 0 Å². The zero-order valence-corrected chi connectivity index (χ0v) is 10.7. The number of hydrogen-bond acceptors (Lipinski definition) is 4. The highest BCUT2D eigenvalue weighted by atomic mass is 35.5. The molecule has 1 aromatic heterocycles. The van der Waals surface area contributed by atoms with Crippen molar-refractivity contribution in [1.29, 1.82) is 0 Å². The Morgan fingerprint density at radius 3 is 2.88 bits per heavy atom. The van der Waals surface area contributed by atoms with Gasteiger partial charge in [-0.15, -0.1) is 0 Å². The van der Waals surface area contributed by atoms with Crippen LogP contribution in [-0.4, -0.2) is 15.7 Å². The molecular formula is C10H13ClN2O2S. The second kappa shape index (κ2) is 6.06. The summed E-state index contributed by atoms with van der Waals surface area (Å²) in [6.45, 7) is 4.19. The molecule has 1 aromatic rings. The summed E-state index contributed by atoms with van der Waals surface area (Å²) in [6.07, 6.45) is 1.04. The van der Waals surface area contributed by atoms with Crippen LogP contribution in [0.3, 0.4) is 0 Å². The Labute approximate surface area is 104 Å². The third kappa shape index (κ3) is 3.64. The van der Waals surface area contributed by atoms with Crippen molar-refractivity contribution in [2.75, 3.05) is 5.75 Å². The first-order chi connectivity index (χ1) is 7.54. The van der Waals surface area contributed by atoms with Crippen LogP contribution in [0, 0.1) is 16.0 Å². The Bertz CT molecular complexity index is 387. The fourth-order valence-electron chi connectivity index (χ4n) is 0.995. The van der Waals surface area contributed by atoms with E-state index in [1.807, 2.05) is 0 Å². The van der Waals surface area contributed by atoms with Gasteiger partial charge in [-0.3, -0.25) is 10.1 Å². The van der Waals surface area contributed by atoms with Gasteiger partial charge in [-0.05, 0) is 12.0 Å². The van der Waals surface area contributed by atoms with Gasteiger partial charge < -0.3 is 0 Å². The Hall–Kier alpha value is -0.810. The molecule has 0 bridgehead atoms. The van der Waals surface area contributed by atoms with Crippen LogP contribution in [0.15, 0.2) is 17.2 Å². The summed E-state index contributed by atoms with van der Waals surface area (Å²) in [5.41, 5.74) is 0.0257. The fraction of sp³-hybridized carbons (Fsp3) is 0.500. The van der Waals surface area contributed by atoms with Crippen LogP contribution in [0.25, 0.3) is 0 Å². The summed E-state index contributed by atoms with van der Waals surface area (Å²) in [7, 11) is 0. The SMILES string of the molecule is CCC(C)CSc1nc(Cl)ccc1[N+](=O)[O-]. The van der Waals surface area contributed by atoms with Crippen LogP contribution in [0.4, 0.5) is 5.69 Å². The van der Waals surface area contributed by atoms with Crippen molar-refractivity contribution < 1.29 is 4.92 Å². The molecule has 0 aliphatic rings. The molecule has 1 rings (SSSR count). The van der Waals surface area contributed by atoms with Gasteiger partial charge in [0.25, 0.3) is 0 Å². The first-order valence-corrected chi connectivity index (χ1v) is 6.34. The van der Waals surface area contributed by atoms with Crippen LogP contribution in [0.2, 0.25) is 5.15 Å². The van der Waals surface area contributed by atoms with E-state index in [2.05, 4.69) is 18.8 Å². The third-order valence-corrected chi connectivity index (χ3v) is 3.72. The molecule has 0 fully saturated rings. The molecule has 0 saturated carbocycles. The normalized spacial score (nSPS) is 12.4. The number of pyridine rings is 1. The minimum atomic E-state index is -0.428. The van der Waals surface area contributed by atoms with E-state index >= 15 is 0 Å². The van der Waals surface area contributed by atoms with E-state index in [4.69, 9.17) is 11.6 Å². The van der Waals surface area contributed by atoms with E-state index in [0.717, 1.165) is 12.2 Å². The third-order valence-electron chi connectivity index (χ3n) is 2.20. The van der Waals surface area contributed by atoms with Gasteiger partial charge in [-0.1, -0.05) is 43.6 Å². The van der Waals surface area contributed by atoms with E-state index in [9.17, 15) is 10.1 Å². The van der Waals surface area contributed by atoms with Gasteiger partial charge in [-0.25, -0.2) is 4.98 Å². The zero-order valence-electron chi connectivity index (χ0n) is 9.14. The molecule has 4 nitrogen and oxygen atoms in total. The van der Waals surface area contributed by atoms with Crippen molar-refractivity contribution in [3.05, 3.63) is 27.4 Å². The molecule has 1 unspecified atom stereocenters. The van der Waals surface area contributed by atoms with Gasteiger partial charge in [0.2, 0.25) is 0 Å². The highest BCUT2D eigenvalue weighted by Crippen LogP contribution is 2.30. The van der Waals surface area contributed by atoms with E-state index in [0.29, 0.717) is 10.9 Å². The van der Waals surface area contributed by atoms with Gasteiger partial charge in [0.05, 0.1) is 4.92 Å². The molecule has 0 amide bonds. The van der Waals surface area contributed by atoms with Crippen LogP contribution in [0.5, 0.6) is 0 Å². The molecule has 1 heterocycles. The first kappa shape index (κ1) is 13.3. The first-order valence-electron chi connectivity index (χ1n) is 4.98. The maximum absolute atomic E-state index is 10.8. The van der Waals surface area contributed by atoms with E-state index in [-0.39, 0.29) is 10.8 Å². The Kier molecular flexibility index (Phi) is 5.02. The lowest BCUT2D eigenvalue weighted by Gasteiger charge is -2.07. The Morgan fingerprint density at radius 1 is 1.62 bits per heavy atom. The summed E-state index contributed by atoms with van der Waals surface area (Å²) in [6, 6.07) is 2.83. The Morgan fingerprint density at radius 2 is 2.31 bits per heavy atom. The zero-order chi connectivity index (χ0) is 12.1. The van der Waals surface area contributed by atoms with Gasteiger partial charge in [0, 0.05) is 11.8 Å². The topological polar surface area (TPSA) is 56.0 Å². The monoisotopic (exact) mass is 260 g/mol. The molecule has 0 aliphatic heterocycles. The average Bonchev–Trinajstić information content (AvgIpc) is 2.25. The van der Waals surface area contributed by atoms with Crippen LogP contribution < -0.4 is 0 Å². The molecule has 0 aromatic carbocycles. The second-order valence-corrected chi connectivity index (χ2v) is 4.94. The molecule has 0 spiro atoms. The summed E-state index contributed by atoms with van der Waals surface area (Å²) >= 11 is 7.11. The predicted molar refractivity (Wildman–Crippen MR) is 66.1 cm³/mol. The summed E-state index contributed by atoms with van der Waals surface area (Å²) in [4.78, 5) is 14.3. The number of thioether (sulfide) groups is 1. The molecular weight excluding hydrogens is 248 g/mol. The lowest BCUT2D eigenvalue weighted by Crippen LogP contribution is -1.99. The average molecular weight is 261 g/mol. The highest BCUT2D eigenvalue weighted by molar-refractivity contribution is 7.99. The van der Waals surface area contributed by atoms with Crippen molar-refractivity contribution in [3.63, 3.8) is 0 Å². The fourth-order valence-corrected chi connectivity index (χ4v) is 2.32. The molecule has 88 valence electrons. The van der Waals surface area contributed by atoms with E-state index in [1.165, 1.54) is 23.9 Å². The molecule has 16 heavy (non-hydrogen) atoms. The second-order valence-electron chi connectivity index (χ2n) is 3.54. The molecule has 0 radical (unpaired) electrons. The number of aromatic nitrogens is 1.